The van der Waals surface area contributed by atoms with E-state index in [1.165, 1.54) is 24.3 Å². The number of benzene rings is 1. The molecule has 1 amide bonds. The third-order valence-corrected chi connectivity index (χ3v) is 4.31. The van der Waals surface area contributed by atoms with Gasteiger partial charge in [-0.1, -0.05) is 0 Å². The lowest BCUT2D eigenvalue weighted by Gasteiger charge is -2.32. The van der Waals surface area contributed by atoms with E-state index in [0.717, 1.165) is 19.1 Å². The van der Waals surface area contributed by atoms with Crippen LogP contribution in [0.1, 0.15) is 19.3 Å². The smallest absolute Gasteiger partial charge is 0.226 e. The van der Waals surface area contributed by atoms with Gasteiger partial charge < -0.3 is 9.64 Å². The summed E-state index contributed by atoms with van der Waals surface area (Å²) in [6.45, 7) is 1.20. The monoisotopic (exact) mass is 344 g/mol. The molecule has 1 fully saturated rings. The van der Waals surface area contributed by atoms with Crippen molar-refractivity contribution in [2.45, 2.75) is 25.3 Å². The predicted octanol–water partition coefficient (Wildman–Crippen LogP) is 1.13. The molecule has 0 aromatic heterocycles. The van der Waals surface area contributed by atoms with E-state index in [1.54, 1.807) is 4.90 Å². The number of ether oxygens (including phenoxy) is 1. The van der Waals surface area contributed by atoms with E-state index in [-0.39, 0.29) is 30.8 Å². The zero-order valence-corrected chi connectivity index (χ0v) is 13.8. The van der Waals surface area contributed by atoms with Crippen LogP contribution in [0.15, 0.2) is 24.3 Å². The summed E-state index contributed by atoms with van der Waals surface area (Å²) in [6.07, 6.45) is 2.80. The molecule has 1 aromatic rings. The van der Waals surface area contributed by atoms with Gasteiger partial charge in [0, 0.05) is 19.1 Å². The van der Waals surface area contributed by atoms with Gasteiger partial charge in [-0.25, -0.2) is 17.5 Å². The summed E-state index contributed by atoms with van der Waals surface area (Å²) in [6, 6.07) is 5.37. The van der Waals surface area contributed by atoms with Gasteiger partial charge in [-0.2, -0.15) is 0 Å². The first kappa shape index (κ1) is 17.7. The number of nitrogens with zero attached hydrogens (tertiary/aromatic N) is 1. The van der Waals surface area contributed by atoms with Crippen molar-refractivity contribution in [3.63, 3.8) is 0 Å². The minimum Gasteiger partial charge on any atom is -0.493 e. The van der Waals surface area contributed by atoms with Crippen LogP contribution in [0.5, 0.6) is 5.75 Å². The quantitative estimate of drug-likeness (QED) is 0.839. The highest BCUT2D eigenvalue weighted by atomic mass is 32.2. The number of hydrogen-bond acceptors (Lipinski definition) is 4. The second-order valence-electron chi connectivity index (χ2n) is 5.62. The summed E-state index contributed by atoms with van der Waals surface area (Å²) in [5.74, 6) is 0.0905. The van der Waals surface area contributed by atoms with E-state index < -0.39 is 10.0 Å². The van der Waals surface area contributed by atoms with Crippen LogP contribution in [0, 0.1) is 5.82 Å². The summed E-state index contributed by atoms with van der Waals surface area (Å²) in [5.41, 5.74) is 0. The molecule has 8 heteroatoms. The molecule has 0 spiro atoms. The zero-order valence-electron chi connectivity index (χ0n) is 13.0. The number of hydrogen-bond donors (Lipinski definition) is 1. The highest BCUT2D eigenvalue weighted by molar-refractivity contribution is 7.88. The number of halogens is 1. The SMILES string of the molecule is CS(=O)(=O)N[C@H]1CCCN(C(=O)CCOc2ccc(F)cc2)C1. The van der Waals surface area contributed by atoms with Crippen molar-refractivity contribution in [2.75, 3.05) is 26.0 Å². The van der Waals surface area contributed by atoms with E-state index in [1.807, 2.05) is 0 Å². The molecule has 1 saturated heterocycles. The third-order valence-electron chi connectivity index (χ3n) is 3.55. The molecule has 0 radical (unpaired) electrons. The predicted molar refractivity (Wildman–Crippen MR) is 84.1 cm³/mol. The number of carbonyl (C=O) groups is 1. The molecule has 1 aliphatic rings. The van der Waals surface area contributed by atoms with Crippen molar-refractivity contribution >= 4 is 15.9 Å². The Balaban J connectivity index is 1.77. The van der Waals surface area contributed by atoms with Crippen LogP contribution >= 0.6 is 0 Å². The number of likely N-dealkylation sites (tertiary alicyclic amines) is 1. The van der Waals surface area contributed by atoms with Crippen molar-refractivity contribution in [3.05, 3.63) is 30.1 Å². The molecule has 1 atom stereocenters. The summed E-state index contributed by atoms with van der Waals surface area (Å²) in [4.78, 5) is 13.8. The minimum absolute atomic E-state index is 0.0767. The standard InChI is InChI=1S/C15H21FN2O4S/c1-23(20,21)17-13-3-2-9-18(11-13)15(19)8-10-22-14-6-4-12(16)5-7-14/h4-7,13,17H,2-3,8-11H2,1H3/t13-/m0/s1. The second-order valence-corrected chi connectivity index (χ2v) is 7.40. The fourth-order valence-corrected chi connectivity index (χ4v) is 3.35. The molecule has 1 N–H and O–H groups in total. The minimum atomic E-state index is -3.27. The van der Waals surface area contributed by atoms with Crippen LogP contribution in [0.3, 0.4) is 0 Å². The molecule has 6 nitrogen and oxygen atoms in total. The maximum absolute atomic E-state index is 12.8. The number of piperidine rings is 1. The van der Waals surface area contributed by atoms with Gasteiger partial charge in [0.25, 0.3) is 0 Å². The zero-order chi connectivity index (χ0) is 16.9. The van der Waals surface area contributed by atoms with Crippen LogP contribution in [-0.4, -0.2) is 51.2 Å². The van der Waals surface area contributed by atoms with Crippen molar-refractivity contribution in [2.24, 2.45) is 0 Å². The maximum Gasteiger partial charge on any atom is 0.226 e. The first-order chi connectivity index (χ1) is 10.8. The lowest BCUT2D eigenvalue weighted by Crippen LogP contribution is -2.49. The Bertz CT molecular complexity index is 633. The highest BCUT2D eigenvalue weighted by Crippen LogP contribution is 2.14. The summed E-state index contributed by atoms with van der Waals surface area (Å²) >= 11 is 0. The molecule has 0 bridgehead atoms. The van der Waals surface area contributed by atoms with Crippen molar-refractivity contribution < 1.29 is 22.3 Å². The Morgan fingerprint density at radius 3 is 2.74 bits per heavy atom. The third kappa shape index (κ3) is 6.15. The summed E-state index contributed by atoms with van der Waals surface area (Å²) in [5, 5.41) is 0. The van der Waals surface area contributed by atoms with Gasteiger partial charge in [0.15, 0.2) is 0 Å². The van der Waals surface area contributed by atoms with Gasteiger partial charge in [-0.15, -0.1) is 0 Å². The number of amides is 1. The normalized spacial score (nSPS) is 18.7. The van der Waals surface area contributed by atoms with Gasteiger partial charge in [0.05, 0.1) is 19.3 Å². The van der Waals surface area contributed by atoms with E-state index in [2.05, 4.69) is 4.72 Å². The average molecular weight is 344 g/mol. The Morgan fingerprint density at radius 2 is 2.09 bits per heavy atom. The van der Waals surface area contributed by atoms with E-state index in [9.17, 15) is 17.6 Å². The average Bonchev–Trinajstić information content (AvgIpc) is 2.48. The van der Waals surface area contributed by atoms with Crippen LogP contribution < -0.4 is 9.46 Å². The summed E-state index contributed by atoms with van der Waals surface area (Å²) in [7, 11) is -3.27. The molecule has 2 rings (SSSR count). The van der Waals surface area contributed by atoms with Gasteiger partial charge in [-0.3, -0.25) is 4.79 Å². The van der Waals surface area contributed by atoms with E-state index in [0.29, 0.717) is 18.8 Å². The molecule has 0 unspecified atom stereocenters. The van der Waals surface area contributed by atoms with Crippen molar-refractivity contribution in [1.82, 2.24) is 9.62 Å². The topological polar surface area (TPSA) is 75.7 Å². The Labute approximate surface area is 135 Å². The number of sulfonamides is 1. The molecule has 128 valence electrons. The lowest BCUT2D eigenvalue weighted by atomic mass is 10.1. The Hall–Kier alpha value is -1.67. The molecular formula is C15H21FN2O4S. The van der Waals surface area contributed by atoms with Crippen LogP contribution in [0.25, 0.3) is 0 Å². The van der Waals surface area contributed by atoms with Crippen LogP contribution in [0.4, 0.5) is 4.39 Å². The molecule has 0 saturated carbocycles. The van der Waals surface area contributed by atoms with Crippen LogP contribution in [-0.2, 0) is 14.8 Å². The van der Waals surface area contributed by atoms with Gasteiger partial charge in [0.1, 0.15) is 11.6 Å². The number of rotatable bonds is 6. The molecule has 1 aromatic carbocycles. The lowest BCUT2D eigenvalue weighted by molar-refractivity contribution is -0.133. The van der Waals surface area contributed by atoms with Gasteiger partial charge in [-0.05, 0) is 37.1 Å². The molecule has 1 aliphatic heterocycles. The van der Waals surface area contributed by atoms with Crippen molar-refractivity contribution in [3.8, 4) is 5.75 Å². The molecule has 0 aliphatic carbocycles. The fraction of sp³-hybridized carbons (Fsp3) is 0.533. The largest absolute Gasteiger partial charge is 0.493 e. The highest BCUT2D eigenvalue weighted by Gasteiger charge is 2.25. The first-order valence-electron chi connectivity index (χ1n) is 7.47. The Morgan fingerprint density at radius 1 is 1.39 bits per heavy atom. The van der Waals surface area contributed by atoms with E-state index in [4.69, 9.17) is 4.74 Å². The second kappa shape index (κ2) is 7.74. The number of carbonyl (C=O) groups excluding carboxylic acids is 1. The maximum atomic E-state index is 12.8. The molecule has 1 heterocycles. The van der Waals surface area contributed by atoms with Gasteiger partial charge >= 0.3 is 0 Å². The number of nitrogens with one attached hydrogen (secondary N) is 1. The van der Waals surface area contributed by atoms with Crippen LogP contribution in [0.2, 0.25) is 0 Å². The Kier molecular flexibility index (Phi) is 5.95. The fourth-order valence-electron chi connectivity index (χ4n) is 2.55. The van der Waals surface area contributed by atoms with Crippen molar-refractivity contribution in [1.29, 1.82) is 0 Å². The molecular weight excluding hydrogens is 323 g/mol. The summed E-state index contributed by atoms with van der Waals surface area (Å²) < 4.78 is 43.3. The molecule has 23 heavy (non-hydrogen) atoms. The first-order valence-corrected chi connectivity index (χ1v) is 9.36. The van der Waals surface area contributed by atoms with Gasteiger partial charge in [0.2, 0.25) is 15.9 Å². The van der Waals surface area contributed by atoms with E-state index >= 15 is 0 Å².